The minimum Gasteiger partial charge on any atom is -0.484 e. The van der Waals surface area contributed by atoms with Gasteiger partial charge < -0.3 is 15.4 Å². The molecule has 0 unspecified atom stereocenters. The molecule has 23 heavy (non-hydrogen) atoms. The highest BCUT2D eigenvalue weighted by Crippen LogP contribution is 2.13. The predicted molar refractivity (Wildman–Crippen MR) is 83.3 cm³/mol. The van der Waals surface area contributed by atoms with E-state index in [1.807, 2.05) is 0 Å². The van der Waals surface area contributed by atoms with Crippen molar-refractivity contribution in [3.05, 3.63) is 65.5 Å². The van der Waals surface area contributed by atoms with Crippen LogP contribution < -0.4 is 10.5 Å². The van der Waals surface area contributed by atoms with Crippen LogP contribution in [0.3, 0.4) is 0 Å². The summed E-state index contributed by atoms with van der Waals surface area (Å²) in [7, 11) is 1.58. The Kier molecular flexibility index (Phi) is 5.30. The third-order valence-corrected chi connectivity index (χ3v) is 3.29. The summed E-state index contributed by atoms with van der Waals surface area (Å²) in [6.45, 7) is -0.0175. The summed E-state index contributed by atoms with van der Waals surface area (Å²) in [4.78, 5) is 24.4. The number of nitrogens with two attached hydrogens (primary N) is 1. The van der Waals surface area contributed by atoms with Gasteiger partial charge >= 0.3 is 0 Å². The molecule has 0 spiro atoms. The van der Waals surface area contributed by atoms with Crippen LogP contribution >= 0.6 is 0 Å². The lowest BCUT2D eigenvalue weighted by Gasteiger charge is -2.18. The molecule has 0 fully saturated rings. The van der Waals surface area contributed by atoms with Gasteiger partial charge in [-0.1, -0.05) is 18.2 Å². The molecule has 120 valence electrons. The molecule has 2 rings (SSSR count). The third kappa shape index (κ3) is 4.54. The molecule has 0 bridgehead atoms. The van der Waals surface area contributed by atoms with Gasteiger partial charge in [-0.15, -0.1) is 0 Å². The van der Waals surface area contributed by atoms with Crippen molar-refractivity contribution in [2.45, 2.75) is 6.54 Å². The Morgan fingerprint density at radius 2 is 1.78 bits per heavy atom. The van der Waals surface area contributed by atoms with Crippen molar-refractivity contribution in [1.29, 1.82) is 0 Å². The summed E-state index contributed by atoms with van der Waals surface area (Å²) in [5.41, 5.74) is 5.94. The monoisotopic (exact) mass is 316 g/mol. The van der Waals surface area contributed by atoms with Crippen molar-refractivity contribution in [3.8, 4) is 5.75 Å². The van der Waals surface area contributed by atoms with E-state index >= 15 is 0 Å². The first-order valence-electron chi connectivity index (χ1n) is 6.97. The van der Waals surface area contributed by atoms with Crippen LogP contribution in [-0.4, -0.2) is 30.4 Å². The van der Waals surface area contributed by atoms with Crippen LogP contribution in [0.4, 0.5) is 4.39 Å². The fourth-order valence-corrected chi connectivity index (χ4v) is 1.94. The Morgan fingerprint density at radius 3 is 2.39 bits per heavy atom. The number of primary amides is 1. The van der Waals surface area contributed by atoms with E-state index in [4.69, 9.17) is 10.5 Å². The molecule has 0 atom stereocenters. The van der Waals surface area contributed by atoms with Crippen molar-refractivity contribution in [1.82, 2.24) is 4.90 Å². The Morgan fingerprint density at radius 1 is 1.13 bits per heavy atom. The fraction of sp³-hybridized carbons (Fsp3) is 0.176. The van der Waals surface area contributed by atoms with Crippen molar-refractivity contribution >= 4 is 11.8 Å². The molecule has 0 radical (unpaired) electrons. The van der Waals surface area contributed by atoms with E-state index < -0.39 is 5.91 Å². The topological polar surface area (TPSA) is 72.6 Å². The number of amides is 2. The lowest BCUT2D eigenvalue weighted by atomic mass is 10.2. The number of benzene rings is 2. The summed E-state index contributed by atoms with van der Waals surface area (Å²) >= 11 is 0. The normalized spacial score (nSPS) is 10.2. The SMILES string of the molecule is CN(Cc1ccccc1F)C(=O)COc1ccc(C(N)=O)cc1. The quantitative estimate of drug-likeness (QED) is 0.885. The van der Waals surface area contributed by atoms with E-state index in [1.165, 1.54) is 23.1 Å². The summed E-state index contributed by atoms with van der Waals surface area (Å²) < 4.78 is 18.9. The first kappa shape index (κ1) is 16.5. The number of likely N-dealkylation sites (N-methyl/N-ethyl adjacent to an activating group) is 1. The minimum atomic E-state index is -0.530. The largest absolute Gasteiger partial charge is 0.484 e. The van der Waals surface area contributed by atoms with Gasteiger partial charge in [-0.2, -0.15) is 0 Å². The molecule has 2 N–H and O–H groups in total. The van der Waals surface area contributed by atoms with Gasteiger partial charge in [0, 0.05) is 24.7 Å². The maximum Gasteiger partial charge on any atom is 0.260 e. The smallest absolute Gasteiger partial charge is 0.260 e. The average molecular weight is 316 g/mol. The Hall–Kier alpha value is -2.89. The highest BCUT2D eigenvalue weighted by atomic mass is 19.1. The van der Waals surface area contributed by atoms with Gasteiger partial charge in [-0.05, 0) is 30.3 Å². The second-order valence-electron chi connectivity index (χ2n) is 5.02. The van der Waals surface area contributed by atoms with Crippen molar-refractivity contribution < 1.29 is 18.7 Å². The molecule has 0 heterocycles. The van der Waals surface area contributed by atoms with Crippen molar-refractivity contribution in [2.75, 3.05) is 13.7 Å². The highest BCUT2D eigenvalue weighted by molar-refractivity contribution is 5.92. The maximum absolute atomic E-state index is 13.6. The van der Waals surface area contributed by atoms with E-state index in [2.05, 4.69) is 0 Å². The van der Waals surface area contributed by atoms with Crippen LogP contribution in [0, 0.1) is 5.82 Å². The Labute approximate surface area is 133 Å². The van der Waals surface area contributed by atoms with Gasteiger partial charge in [0.2, 0.25) is 5.91 Å². The second kappa shape index (κ2) is 7.40. The number of ether oxygens (including phenoxy) is 1. The van der Waals surface area contributed by atoms with E-state index in [9.17, 15) is 14.0 Å². The maximum atomic E-state index is 13.6. The van der Waals surface area contributed by atoms with Gasteiger partial charge in [0.25, 0.3) is 5.91 Å². The summed E-state index contributed by atoms with van der Waals surface area (Å²) in [5.74, 6) is -0.720. The molecule has 0 saturated carbocycles. The van der Waals surface area contributed by atoms with Crippen molar-refractivity contribution in [3.63, 3.8) is 0 Å². The molecule has 2 amide bonds. The number of carbonyl (C=O) groups excluding carboxylic acids is 2. The standard InChI is InChI=1S/C17H17FN2O3/c1-20(10-13-4-2-3-5-15(13)18)16(21)11-23-14-8-6-12(7-9-14)17(19)22/h2-9H,10-11H2,1H3,(H2,19,22). The van der Waals surface area contributed by atoms with Gasteiger partial charge in [0.1, 0.15) is 11.6 Å². The van der Waals surface area contributed by atoms with E-state index in [0.717, 1.165) is 0 Å². The highest BCUT2D eigenvalue weighted by Gasteiger charge is 2.12. The van der Waals surface area contributed by atoms with Crippen LogP contribution in [-0.2, 0) is 11.3 Å². The first-order valence-corrected chi connectivity index (χ1v) is 6.97. The molecule has 2 aromatic carbocycles. The first-order chi connectivity index (χ1) is 11.0. The molecular formula is C17H17FN2O3. The molecule has 5 nitrogen and oxygen atoms in total. The lowest BCUT2D eigenvalue weighted by molar-refractivity contribution is -0.132. The molecule has 6 heteroatoms. The molecule has 0 aliphatic carbocycles. The molecule has 0 aliphatic rings. The Bertz CT molecular complexity index is 701. The molecule has 0 aromatic heterocycles. The van der Waals surface area contributed by atoms with Crippen LogP contribution in [0.15, 0.2) is 48.5 Å². The average Bonchev–Trinajstić information content (AvgIpc) is 2.55. The van der Waals surface area contributed by atoms with E-state index in [-0.39, 0.29) is 24.9 Å². The van der Waals surface area contributed by atoms with Crippen LogP contribution in [0.2, 0.25) is 0 Å². The van der Waals surface area contributed by atoms with E-state index in [1.54, 1.807) is 37.4 Å². The zero-order valence-electron chi connectivity index (χ0n) is 12.7. The van der Waals surface area contributed by atoms with Crippen LogP contribution in [0.25, 0.3) is 0 Å². The number of halogens is 1. The predicted octanol–water partition coefficient (Wildman–Crippen LogP) is 1.96. The Balaban J connectivity index is 1.89. The zero-order valence-corrected chi connectivity index (χ0v) is 12.7. The molecule has 2 aromatic rings. The van der Waals surface area contributed by atoms with E-state index in [0.29, 0.717) is 16.9 Å². The van der Waals surface area contributed by atoms with Gasteiger partial charge in [0.05, 0.1) is 0 Å². The summed E-state index contributed by atoms with van der Waals surface area (Å²) in [6, 6.07) is 12.4. The third-order valence-electron chi connectivity index (χ3n) is 3.29. The fourth-order valence-electron chi connectivity index (χ4n) is 1.94. The van der Waals surface area contributed by atoms with Crippen LogP contribution in [0.5, 0.6) is 5.75 Å². The molecule has 0 aliphatic heterocycles. The zero-order chi connectivity index (χ0) is 16.8. The number of hydrogen-bond acceptors (Lipinski definition) is 3. The second-order valence-corrected chi connectivity index (χ2v) is 5.02. The molecular weight excluding hydrogens is 299 g/mol. The van der Waals surface area contributed by atoms with Gasteiger partial charge in [0.15, 0.2) is 6.61 Å². The number of rotatable bonds is 6. The number of nitrogens with zero attached hydrogens (tertiary/aromatic N) is 1. The number of hydrogen-bond donors (Lipinski definition) is 1. The number of carbonyl (C=O) groups is 2. The van der Waals surface area contributed by atoms with Crippen LogP contribution in [0.1, 0.15) is 15.9 Å². The lowest BCUT2D eigenvalue weighted by Crippen LogP contribution is -2.31. The minimum absolute atomic E-state index is 0.162. The summed E-state index contributed by atoms with van der Waals surface area (Å²) in [6.07, 6.45) is 0. The van der Waals surface area contributed by atoms with Gasteiger partial charge in [-0.3, -0.25) is 9.59 Å². The molecule has 0 saturated heterocycles. The summed E-state index contributed by atoms with van der Waals surface area (Å²) in [5, 5.41) is 0. The van der Waals surface area contributed by atoms with Gasteiger partial charge in [-0.25, -0.2) is 4.39 Å². The van der Waals surface area contributed by atoms with Crippen molar-refractivity contribution in [2.24, 2.45) is 5.73 Å².